The van der Waals surface area contributed by atoms with Crippen molar-refractivity contribution in [1.82, 2.24) is 4.90 Å². The van der Waals surface area contributed by atoms with Crippen LogP contribution in [0.3, 0.4) is 0 Å². The first-order valence-electron chi connectivity index (χ1n) is 6.03. The second-order valence-corrected chi connectivity index (χ2v) is 5.69. The predicted molar refractivity (Wildman–Crippen MR) is 69.9 cm³/mol. The van der Waals surface area contributed by atoms with E-state index >= 15 is 0 Å². The van der Waals surface area contributed by atoms with E-state index in [0.29, 0.717) is 5.69 Å². The van der Waals surface area contributed by atoms with E-state index in [-0.39, 0.29) is 17.9 Å². The molecule has 1 saturated heterocycles. The zero-order valence-corrected chi connectivity index (χ0v) is 11.5. The van der Waals surface area contributed by atoms with Crippen LogP contribution >= 0.6 is 0 Å². The third-order valence-electron chi connectivity index (χ3n) is 3.51. The normalized spacial score (nSPS) is 22.3. The molecule has 0 radical (unpaired) electrons. The van der Waals surface area contributed by atoms with Crippen molar-refractivity contribution in [2.24, 2.45) is 5.41 Å². The lowest BCUT2D eigenvalue weighted by molar-refractivity contribution is -0.142. The zero-order valence-electron chi connectivity index (χ0n) is 11.5. The lowest BCUT2D eigenvalue weighted by atomic mass is 9.77. The van der Waals surface area contributed by atoms with Crippen LogP contribution in [0.5, 0.6) is 0 Å². The van der Waals surface area contributed by atoms with Crippen LogP contribution in [0.4, 0.5) is 10.1 Å². The summed E-state index contributed by atoms with van der Waals surface area (Å²) in [6, 6.07) is 4.84. The van der Waals surface area contributed by atoms with Crippen LogP contribution in [-0.4, -0.2) is 31.1 Å². The van der Waals surface area contributed by atoms with Crippen molar-refractivity contribution >= 4 is 11.6 Å². The van der Waals surface area contributed by atoms with Gasteiger partial charge in [-0.1, -0.05) is 6.07 Å². The van der Waals surface area contributed by atoms with Gasteiger partial charge in [0.2, 0.25) is 5.91 Å². The molecular weight excluding hydrogens is 231 g/mol. The van der Waals surface area contributed by atoms with Gasteiger partial charge in [0.05, 0.1) is 11.1 Å². The molecule has 0 aliphatic carbocycles. The van der Waals surface area contributed by atoms with Crippen LogP contribution in [-0.2, 0) is 4.79 Å². The topological polar surface area (TPSA) is 23.6 Å². The van der Waals surface area contributed by atoms with E-state index in [1.165, 1.54) is 6.07 Å². The summed E-state index contributed by atoms with van der Waals surface area (Å²) in [7, 11) is 3.80. The molecule has 1 atom stereocenters. The number of carbonyl (C=O) groups excluding carboxylic acids is 1. The lowest BCUT2D eigenvalue weighted by Crippen LogP contribution is -2.72. The molecule has 0 spiro atoms. The quantitative estimate of drug-likeness (QED) is 0.752. The molecule has 3 nitrogen and oxygen atoms in total. The van der Waals surface area contributed by atoms with Gasteiger partial charge in [0.1, 0.15) is 12.0 Å². The molecule has 1 aromatic rings. The number of nitrogens with zero attached hydrogens (tertiary/aromatic N) is 2. The van der Waals surface area contributed by atoms with Crippen LogP contribution in [0.1, 0.15) is 19.4 Å². The van der Waals surface area contributed by atoms with Gasteiger partial charge in [0, 0.05) is 0 Å². The Morgan fingerprint density at radius 3 is 2.50 bits per heavy atom. The van der Waals surface area contributed by atoms with Gasteiger partial charge in [-0.05, 0) is 52.6 Å². The minimum Gasteiger partial charge on any atom is -0.292 e. The second-order valence-electron chi connectivity index (χ2n) is 5.69. The van der Waals surface area contributed by atoms with Crippen LogP contribution < -0.4 is 4.90 Å². The average molecular weight is 250 g/mol. The van der Waals surface area contributed by atoms with Crippen molar-refractivity contribution in [2.45, 2.75) is 26.9 Å². The number of amides is 1. The number of benzene rings is 1. The fourth-order valence-electron chi connectivity index (χ4n) is 2.71. The number of hydrogen-bond acceptors (Lipinski definition) is 2. The number of anilines is 1. The lowest BCUT2D eigenvalue weighted by Gasteiger charge is -2.55. The maximum atomic E-state index is 13.9. The first-order chi connectivity index (χ1) is 8.26. The van der Waals surface area contributed by atoms with E-state index in [2.05, 4.69) is 0 Å². The van der Waals surface area contributed by atoms with Crippen LogP contribution in [0.15, 0.2) is 18.2 Å². The number of β-lactam (4-membered cyclic amide) rings is 1. The molecule has 4 heteroatoms. The van der Waals surface area contributed by atoms with Crippen molar-refractivity contribution in [3.63, 3.8) is 0 Å². The number of halogens is 1. The molecule has 0 saturated carbocycles. The summed E-state index contributed by atoms with van der Waals surface area (Å²) in [6.07, 6.45) is -0.110. The summed E-state index contributed by atoms with van der Waals surface area (Å²) in [5.41, 5.74) is 0.846. The maximum absolute atomic E-state index is 13.9. The van der Waals surface area contributed by atoms with E-state index < -0.39 is 5.41 Å². The van der Waals surface area contributed by atoms with Crippen LogP contribution in [0, 0.1) is 18.2 Å². The minimum absolute atomic E-state index is 0.0364. The third kappa shape index (κ3) is 1.72. The van der Waals surface area contributed by atoms with Gasteiger partial charge < -0.3 is 0 Å². The molecule has 0 bridgehead atoms. The maximum Gasteiger partial charge on any atom is 0.237 e. The Morgan fingerprint density at radius 2 is 1.94 bits per heavy atom. The summed E-state index contributed by atoms with van der Waals surface area (Å²) in [4.78, 5) is 15.7. The Balaban J connectivity index is 2.45. The Morgan fingerprint density at radius 1 is 1.33 bits per heavy atom. The molecule has 1 fully saturated rings. The van der Waals surface area contributed by atoms with Gasteiger partial charge >= 0.3 is 0 Å². The molecular formula is C14H19FN2O. The molecule has 0 aromatic heterocycles. The standard InChI is InChI=1S/C14H19FN2O/c1-9-6-7-10(15)11(8-9)17-12(16(4)5)14(2,3)13(17)18/h6-8,12H,1-5H3. The summed E-state index contributed by atoms with van der Waals surface area (Å²) in [5, 5.41) is 0. The van der Waals surface area contributed by atoms with Crippen molar-refractivity contribution in [2.75, 3.05) is 19.0 Å². The summed E-state index contributed by atoms with van der Waals surface area (Å²) < 4.78 is 13.9. The zero-order chi connectivity index (χ0) is 13.7. The highest BCUT2D eigenvalue weighted by Crippen LogP contribution is 2.43. The largest absolute Gasteiger partial charge is 0.292 e. The predicted octanol–water partition coefficient (Wildman–Crippen LogP) is 2.39. The Hall–Kier alpha value is -1.42. The van der Waals surface area contributed by atoms with E-state index in [1.807, 2.05) is 39.8 Å². The SMILES string of the molecule is Cc1ccc(F)c(N2C(=O)C(C)(C)C2N(C)C)c1. The summed E-state index contributed by atoms with van der Waals surface area (Å²) >= 11 is 0. The van der Waals surface area contributed by atoms with Gasteiger partial charge in [-0.3, -0.25) is 14.6 Å². The highest BCUT2D eigenvalue weighted by molar-refractivity contribution is 6.05. The Bertz CT molecular complexity index is 497. The minimum atomic E-state index is -0.473. The van der Waals surface area contributed by atoms with Gasteiger partial charge in [0.15, 0.2) is 0 Å². The fraction of sp³-hybridized carbons (Fsp3) is 0.500. The van der Waals surface area contributed by atoms with Crippen LogP contribution in [0.2, 0.25) is 0 Å². The first kappa shape index (κ1) is 13.0. The molecule has 0 N–H and O–H groups in total. The molecule has 1 heterocycles. The Kier molecular flexibility index (Phi) is 2.93. The van der Waals surface area contributed by atoms with Crippen molar-refractivity contribution in [3.8, 4) is 0 Å². The number of carbonyl (C=O) groups is 1. The average Bonchev–Trinajstić information content (AvgIpc) is 2.27. The molecule has 1 aromatic carbocycles. The molecule has 1 aliphatic heterocycles. The Labute approximate surface area is 107 Å². The van der Waals surface area contributed by atoms with Gasteiger partial charge in [-0.25, -0.2) is 4.39 Å². The monoisotopic (exact) mass is 250 g/mol. The van der Waals surface area contributed by atoms with E-state index in [9.17, 15) is 9.18 Å². The molecule has 98 valence electrons. The fourth-order valence-corrected chi connectivity index (χ4v) is 2.71. The summed E-state index contributed by atoms with van der Waals surface area (Å²) in [6.45, 7) is 5.68. The number of hydrogen-bond donors (Lipinski definition) is 0. The van der Waals surface area contributed by atoms with E-state index in [4.69, 9.17) is 0 Å². The van der Waals surface area contributed by atoms with Crippen molar-refractivity contribution in [1.29, 1.82) is 0 Å². The number of aryl methyl sites for hydroxylation is 1. The molecule has 1 aliphatic rings. The van der Waals surface area contributed by atoms with Crippen molar-refractivity contribution < 1.29 is 9.18 Å². The third-order valence-corrected chi connectivity index (χ3v) is 3.51. The summed E-state index contributed by atoms with van der Waals surface area (Å²) in [5.74, 6) is -0.387. The molecule has 18 heavy (non-hydrogen) atoms. The van der Waals surface area contributed by atoms with Gasteiger partial charge in [0.25, 0.3) is 0 Å². The molecule has 1 amide bonds. The smallest absolute Gasteiger partial charge is 0.237 e. The van der Waals surface area contributed by atoms with E-state index in [0.717, 1.165) is 5.56 Å². The second kappa shape index (κ2) is 4.05. The number of rotatable bonds is 2. The molecule has 2 rings (SSSR count). The van der Waals surface area contributed by atoms with Crippen molar-refractivity contribution in [3.05, 3.63) is 29.6 Å². The van der Waals surface area contributed by atoms with Gasteiger partial charge in [-0.2, -0.15) is 0 Å². The van der Waals surface area contributed by atoms with E-state index in [1.54, 1.807) is 17.0 Å². The highest BCUT2D eigenvalue weighted by Gasteiger charge is 2.56. The highest BCUT2D eigenvalue weighted by atomic mass is 19.1. The first-order valence-corrected chi connectivity index (χ1v) is 6.03. The van der Waals surface area contributed by atoms with Crippen LogP contribution in [0.25, 0.3) is 0 Å². The van der Waals surface area contributed by atoms with Gasteiger partial charge in [-0.15, -0.1) is 0 Å². The molecule has 1 unspecified atom stereocenters.